The van der Waals surface area contributed by atoms with Gasteiger partial charge in [-0.2, -0.15) is 10.5 Å². The first kappa shape index (κ1) is 16.5. The highest BCUT2D eigenvalue weighted by atomic mass is 16.5. The van der Waals surface area contributed by atoms with Gasteiger partial charge >= 0.3 is 0 Å². The lowest BCUT2D eigenvalue weighted by atomic mass is 10.1. The number of nitriles is 2. The zero-order chi connectivity index (χ0) is 17.6. The van der Waals surface area contributed by atoms with E-state index in [9.17, 15) is 10.1 Å². The van der Waals surface area contributed by atoms with Crippen molar-refractivity contribution in [3.05, 3.63) is 53.3 Å². The molecule has 2 heterocycles. The van der Waals surface area contributed by atoms with Gasteiger partial charge in [0.1, 0.15) is 23.2 Å². The van der Waals surface area contributed by atoms with Crippen LogP contribution in [0.4, 0.5) is 0 Å². The van der Waals surface area contributed by atoms with Crippen LogP contribution in [0.1, 0.15) is 11.3 Å². The third-order valence-electron chi connectivity index (χ3n) is 3.86. The molecule has 6 nitrogen and oxygen atoms in total. The van der Waals surface area contributed by atoms with Gasteiger partial charge in [-0.05, 0) is 36.4 Å². The van der Waals surface area contributed by atoms with Gasteiger partial charge in [-0.25, -0.2) is 0 Å². The molecule has 0 spiro atoms. The number of furan rings is 1. The van der Waals surface area contributed by atoms with Crippen LogP contribution >= 0.6 is 0 Å². The molecule has 1 amide bonds. The Hall–Kier alpha value is -3.35. The molecule has 2 aromatic rings. The van der Waals surface area contributed by atoms with Crippen LogP contribution in [-0.4, -0.2) is 37.1 Å². The average Bonchev–Trinajstić information content (AvgIpc) is 3.15. The van der Waals surface area contributed by atoms with Crippen LogP contribution in [0, 0.1) is 22.7 Å². The highest BCUT2D eigenvalue weighted by Gasteiger charge is 2.21. The molecule has 1 aromatic heterocycles. The van der Waals surface area contributed by atoms with Crippen molar-refractivity contribution < 1.29 is 13.9 Å². The fourth-order valence-electron chi connectivity index (χ4n) is 2.52. The second-order valence-electron chi connectivity index (χ2n) is 5.47. The van der Waals surface area contributed by atoms with Crippen molar-refractivity contribution in [2.24, 2.45) is 0 Å². The molecule has 3 rings (SSSR count). The number of benzene rings is 1. The molecule has 0 atom stereocenters. The second-order valence-corrected chi connectivity index (χ2v) is 5.47. The maximum absolute atomic E-state index is 12.4. The summed E-state index contributed by atoms with van der Waals surface area (Å²) < 4.78 is 10.9. The van der Waals surface area contributed by atoms with Crippen LogP contribution in [0.5, 0.6) is 0 Å². The van der Waals surface area contributed by atoms with Crippen molar-refractivity contribution >= 4 is 12.0 Å². The lowest BCUT2D eigenvalue weighted by Gasteiger charge is -2.26. The number of morpholine rings is 1. The van der Waals surface area contributed by atoms with E-state index >= 15 is 0 Å². The maximum atomic E-state index is 12.4. The molecule has 1 fully saturated rings. The van der Waals surface area contributed by atoms with E-state index in [4.69, 9.17) is 14.4 Å². The number of carbonyl (C=O) groups excluding carboxylic acids is 1. The molecule has 25 heavy (non-hydrogen) atoms. The Kier molecular flexibility index (Phi) is 4.94. The smallest absolute Gasteiger partial charge is 0.264 e. The molecule has 124 valence electrons. The minimum atomic E-state index is -0.317. The molecule has 0 unspecified atom stereocenters. The lowest BCUT2D eigenvalue weighted by molar-refractivity contribution is -0.130. The Morgan fingerprint density at radius 2 is 1.80 bits per heavy atom. The van der Waals surface area contributed by atoms with E-state index in [0.717, 1.165) is 5.56 Å². The summed E-state index contributed by atoms with van der Waals surface area (Å²) >= 11 is 0. The highest BCUT2D eigenvalue weighted by molar-refractivity contribution is 6.01. The third-order valence-corrected chi connectivity index (χ3v) is 3.86. The Morgan fingerprint density at radius 3 is 2.44 bits per heavy atom. The number of amides is 1. The summed E-state index contributed by atoms with van der Waals surface area (Å²) in [4.78, 5) is 14.0. The number of ether oxygens (including phenoxy) is 1. The van der Waals surface area contributed by atoms with E-state index < -0.39 is 0 Å². The van der Waals surface area contributed by atoms with E-state index in [-0.39, 0.29) is 11.5 Å². The summed E-state index contributed by atoms with van der Waals surface area (Å²) in [7, 11) is 0. The summed E-state index contributed by atoms with van der Waals surface area (Å²) in [6.45, 7) is 1.92. The van der Waals surface area contributed by atoms with Gasteiger partial charge in [0, 0.05) is 24.7 Å². The van der Waals surface area contributed by atoms with Gasteiger partial charge in [-0.3, -0.25) is 4.79 Å². The topological polar surface area (TPSA) is 90.3 Å². The first-order chi connectivity index (χ1) is 12.2. The largest absolute Gasteiger partial charge is 0.457 e. The van der Waals surface area contributed by atoms with Crippen molar-refractivity contribution in [2.45, 2.75) is 0 Å². The van der Waals surface area contributed by atoms with Gasteiger partial charge in [-0.1, -0.05) is 0 Å². The van der Waals surface area contributed by atoms with E-state index in [0.29, 0.717) is 43.4 Å². The van der Waals surface area contributed by atoms with Crippen LogP contribution in [-0.2, 0) is 9.53 Å². The molecular weight excluding hydrogens is 318 g/mol. The van der Waals surface area contributed by atoms with Gasteiger partial charge in [0.05, 0.1) is 24.8 Å². The van der Waals surface area contributed by atoms with Crippen molar-refractivity contribution in [3.63, 3.8) is 0 Å². The molecule has 1 aliphatic rings. The Bertz CT molecular complexity index is 876. The summed E-state index contributed by atoms with van der Waals surface area (Å²) in [6.07, 6.45) is 1.45. The van der Waals surface area contributed by atoms with Crippen LogP contribution in [0.3, 0.4) is 0 Å². The predicted molar refractivity (Wildman–Crippen MR) is 89.8 cm³/mol. The molecule has 0 aliphatic carbocycles. The fourth-order valence-corrected chi connectivity index (χ4v) is 2.52. The first-order valence-corrected chi connectivity index (χ1v) is 7.80. The van der Waals surface area contributed by atoms with Gasteiger partial charge in [-0.15, -0.1) is 0 Å². The minimum absolute atomic E-state index is 0.0302. The zero-order valence-corrected chi connectivity index (χ0v) is 13.4. The fraction of sp³-hybridized carbons (Fsp3) is 0.211. The van der Waals surface area contributed by atoms with E-state index in [1.165, 1.54) is 6.08 Å². The molecule has 1 saturated heterocycles. The predicted octanol–water partition coefficient (Wildman–Crippen LogP) is 2.58. The Morgan fingerprint density at radius 1 is 1.08 bits per heavy atom. The molecule has 0 N–H and O–H groups in total. The second kappa shape index (κ2) is 7.48. The number of rotatable bonds is 3. The molecule has 1 aromatic carbocycles. The van der Waals surface area contributed by atoms with E-state index in [1.807, 2.05) is 6.07 Å². The van der Waals surface area contributed by atoms with Gasteiger partial charge in [0.2, 0.25) is 0 Å². The first-order valence-electron chi connectivity index (χ1n) is 7.80. The highest BCUT2D eigenvalue weighted by Crippen LogP contribution is 2.24. The summed E-state index contributed by atoms with van der Waals surface area (Å²) in [6, 6.07) is 14.5. The lowest BCUT2D eigenvalue weighted by Crippen LogP contribution is -2.41. The van der Waals surface area contributed by atoms with Crippen molar-refractivity contribution in [2.75, 3.05) is 26.3 Å². The monoisotopic (exact) mass is 333 g/mol. The molecule has 1 aliphatic heterocycles. The number of hydrogen-bond acceptors (Lipinski definition) is 5. The quantitative estimate of drug-likeness (QED) is 0.636. The molecule has 6 heteroatoms. The summed E-state index contributed by atoms with van der Waals surface area (Å²) in [5.41, 5.74) is 1.41. The summed E-state index contributed by atoms with van der Waals surface area (Å²) in [5.74, 6) is 0.714. The standard InChI is InChI=1S/C19H15N3O3/c20-12-14-1-3-15(4-2-14)18-6-5-17(25-18)11-16(13-21)19(23)22-7-9-24-10-8-22/h1-6,11H,7-10H2/b16-11-. The molecule has 0 bridgehead atoms. The van der Waals surface area contributed by atoms with Crippen LogP contribution < -0.4 is 0 Å². The van der Waals surface area contributed by atoms with E-state index in [1.54, 1.807) is 41.3 Å². The van der Waals surface area contributed by atoms with Crippen LogP contribution in [0.25, 0.3) is 17.4 Å². The average molecular weight is 333 g/mol. The Balaban J connectivity index is 1.80. The number of nitrogens with zero attached hydrogens (tertiary/aromatic N) is 3. The normalized spacial score (nSPS) is 14.6. The van der Waals surface area contributed by atoms with Crippen LogP contribution in [0.2, 0.25) is 0 Å². The van der Waals surface area contributed by atoms with Gasteiger partial charge in [0.25, 0.3) is 5.91 Å². The number of carbonyl (C=O) groups is 1. The van der Waals surface area contributed by atoms with Crippen molar-refractivity contribution in [1.29, 1.82) is 10.5 Å². The third kappa shape index (κ3) is 3.77. The van der Waals surface area contributed by atoms with Crippen LogP contribution in [0.15, 0.2) is 46.4 Å². The zero-order valence-electron chi connectivity index (χ0n) is 13.4. The van der Waals surface area contributed by atoms with Crippen molar-refractivity contribution in [3.8, 4) is 23.5 Å². The Labute approximate surface area is 145 Å². The number of hydrogen-bond donors (Lipinski definition) is 0. The van der Waals surface area contributed by atoms with E-state index in [2.05, 4.69) is 6.07 Å². The molecular formula is C19H15N3O3. The maximum Gasteiger partial charge on any atom is 0.264 e. The minimum Gasteiger partial charge on any atom is -0.457 e. The summed E-state index contributed by atoms with van der Waals surface area (Å²) in [5, 5.41) is 18.1. The van der Waals surface area contributed by atoms with Crippen molar-refractivity contribution in [1.82, 2.24) is 4.90 Å². The van der Waals surface area contributed by atoms with Gasteiger partial charge in [0.15, 0.2) is 0 Å². The molecule has 0 saturated carbocycles. The SMILES string of the molecule is N#C/C(=C/c1ccc(-c2ccc(C#N)cc2)o1)C(=O)N1CCOCC1. The van der Waals surface area contributed by atoms with Gasteiger partial charge < -0.3 is 14.1 Å². The molecule has 0 radical (unpaired) electrons.